The number of carbonyl (C=O) groups excluding carboxylic acids is 1. The largest absolute Gasteiger partial charge is 0.481 e. The summed E-state index contributed by atoms with van der Waals surface area (Å²) in [5.74, 6) is -2.30. The van der Waals surface area contributed by atoms with Crippen molar-refractivity contribution in [1.29, 1.82) is 0 Å². The molecule has 2 atom stereocenters. The summed E-state index contributed by atoms with van der Waals surface area (Å²) in [7, 11) is 0. The summed E-state index contributed by atoms with van der Waals surface area (Å²) in [6.07, 6.45) is 4.58. The Morgan fingerprint density at radius 2 is 1.90 bits per heavy atom. The molecule has 106 valence electrons. The predicted octanol–water partition coefficient (Wildman–Crippen LogP) is 3.36. The van der Waals surface area contributed by atoms with Gasteiger partial charge in [0.05, 0.1) is 11.8 Å². The first-order valence-electron chi connectivity index (χ1n) is 6.44. The molecule has 4 nitrogen and oxygen atoms in total. The third-order valence-electron chi connectivity index (χ3n) is 3.53. The highest BCUT2D eigenvalue weighted by Gasteiger charge is 2.34. The summed E-state index contributed by atoms with van der Waals surface area (Å²) in [6.45, 7) is 1.90. The number of rotatable bonds is 3. The fourth-order valence-electron chi connectivity index (χ4n) is 2.37. The molecule has 0 aliphatic heterocycles. The van der Waals surface area contributed by atoms with E-state index >= 15 is 0 Å². The summed E-state index contributed by atoms with van der Waals surface area (Å²) in [5.41, 5.74) is 1.66. The average Bonchev–Trinajstić information content (AvgIpc) is 2.41. The minimum Gasteiger partial charge on any atom is -0.481 e. The lowest BCUT2D eigenvalue weighted by atomic mass is 9.82. The summed E-state index contributed by atoms with van der Waals surface area (Å²) in [6, 6.07) is 5.56. The van der Waals surface area contributed by atoms with E-state index in [0.717, 1.165) is 15.7 Å². The van der Waals surface area contributed by atoms with E-state index in [1.807, 2.05) is 37.3 Å². The van der Waals surface area contributed by atoms with Crippen molar-refractivity contribution in [3.63, 3.8) is 0 Å². The lowest BCUT2D eigenvalue weighted by Crippen LogP contribution is -2.34. The first-order chi connectivity index (χ1) is 9.49. The Morgan fingerprint density at radius 1 is 1.25 bits per heavy atom. The van der Waals surface area contributed by atoms with Gasteiger partial charge in [0.2, 0.25) is 5.91 Å². The molecule has 20 heavy (non-hydrogen) atoms. The molecule has 0 saturated heterocycles. The van der Waals surface area contributed by atoms with Crippen LogP contribution >= 0.6 is 15.9 Å². The molecular weight excluding hydrogens is 322 g/mol. The second-order valence-electron chi connectivity index (χ2n) is 4.94. The van der Waals surface area contributed by atoms with E-state index in [4.69, 9.17) is 0 Å². The van der Waals surface area contributed by atoms with E-state index < -0.39 is 17.8 Å². The Labute approximate surface area is 126 Å². The van der Waals surface area contributed by atoms with Gasteiger partial charge in [-0.2, -0.15) is 0 Å². The van der Waals surface area contributed by atoms with Gasteiger partial charge in [-0.3, -0.25) is 9.59 Å². The monoisotopic (exact) mass is 337 g/mol. The molecule has 2 N–H and O–H groups in total. The fraction of sp³-hybridized carbons (Fsp3) is 0.333. The second-order valence-corrected chi connectivity index (χ2v) is 5.86. The molecule has 0 saturated carbocycles. The molecule has 0 heterocycles. The van der Waals surface area contributed by atoms with E-state index in [1.54, 1.807) is 0 Å². The van der Waals surface area contributed by atoms with Crippen LogP contribution in [-0.4, -0.2) is 17.0 Å². The van der Waals surface area contributed by atoms with Crippen LogP contribution in [0.15, 0.2) is 34.8 Å². The van der Waals surface area contributed by atoms with Crippen LogP contribution in [0, 0.1) is 18.8 Å². The van der Waals surface area contributed by atoms with Crippen molar-refractivity contribution in [2.24, 2.45) is 11.8 Å². The zero-order chi connectivity index (χ0) is 14.7. The first-order valence-corrected chi connectivity index (χ1v) is 7.23. The molecular formula is C15H16BrNO3. The molecule has 0 bridgehead atoms. The molecule has 1 aliphatic rings. The number of halogens is 1. The molecule has 1 amide bonds. The molecule has 1 aliphatic carbocycles. The van der Waals surface area contributed by atoms with E-state index in [0.29, 0.717) is 12.8 Å². The summed E-state index contributed by atoms with van der Waals surface area (Å²) < 4.78 is 0.942. The molecule has 0 aromatic heterocycles. The minimum absolute atomic E-state index is 0.229. The Morgan fingerprint density at radius 3 is 2.50 bits per heavy atom. The number of nitrogens with one attached hydrogen (secondary N) is 1. The van der Waals surface area contributed by atoms with Gasteiger partial charge in [0.25, 0.3) is 0 Å². The van der Waals surface area contributed by atoms with Crippen LogP contribution in [-0.2, 0) is 9.59 Å². The highest BCUT2D eigenvalue weighted by Crippen LogP contribution is 2.28. The van der Waals surface area contributed by atoms with Crippen molar-refractivity contribution in [2.75, 3.05) is 5.32 Å². The normalized spacial score (nSPS) is 21.5. The second kappa shape index (κ2) is 6.22. The molecule has 0 fully saturated rings. The van der Waals surface area contributed by atoms with E-state index in [1.165, 1.54) is 0 Å². The van der Waals surface area contributed by atoms with E-state index in [-0.39, 0.29) is 5.91 Å². The van der Waals surface area contributed by atoms with Crippen LogP contribution in [0.25, 0.3) is 0 Å². The van der Waals surface area contributed by atoms with Crippen molar-refractivity contribution in [3.8, 4) is 0 Å². The first kappa shape index (κ1) is 14.8. The Bertz CT molecular complexity index is 568. The number of aliphatic carboxylic acids is 1. The van der Waals surface area contributed by atoms with Crippen LogP contribution in [0.5, 0.6) is 0 Å². The van der Waals surface area contributed by atoms with Crippen LogP contribution in [0.1, 0.15) is 18.4 Å². The number of carboxylic acids is 1. The van der Waals surface area contributed by atoms with Crippen LogP contribution in [0.2, 0.25) is 0 Å². The van der Waals surface area contributed by atoms with Crippen molar-refractivity contribution in [2.45, 2.75) is 19.8 Å². The smallest absolute Gasteiger partial charge is 0.307 e. The topological polar surface area (TPSA) is 66.4 Å². The van der Waals surface area contributed by atoms with Gasteiger partial charge in [0.15, 0.2) is 0 Å². The quantitative estimate of drug-likeness (QED) is 0.831. The number of hydrogen-bond acceptors (Lipinski definition) is 2. The number of carboxylic acid groups (broad SMARTS) is 1. The number of carbonyl (C=O) groups is 2. The Hall–Kier alpha value is -1.62. The Balaban J connectivity index is 2.14. The maximum absolute atomic E-state index is 12.3. The molecule has 5 heteroatoms. The number of aryl methyl sites for hydroxylation is 1. The SMILES string of the molecule is Cc1cc(Br)ccc1NC(=O)[C@@H]1CC=CC[C@H]1C(=O)O. The van der Waals surface area contributed by atoms with Crippen LogP contribution in [0.4, 0.5) is 5.69 Å². The maximum Gasteiger partial charge on any atom is 0.307 e. The number of hydrogen-bond donors (Lipinski definition) is 2. The van der Waals surface area contributed by atoms with E-state index in [9.17, 15) is 14.7 Å². The van der Waals surface area contributed by atoms with Gasteiger partial charge >= 0.3 is 5.97 Å². The lowest BCUT2D eigenvalue weighted by Gasteiger charge is -2.24. The van der Waals surface area contributed by atoms with Crippen molar-refractivity contribution in [3.05, 3.63) is 40.4 Å². The molecule has 0 radical (unpaired) electrons. The average molecular weight is 338 g/mol. The maximum atomic E-state index is 12.3. The Kier molecular flexibility index (Phi) is 4.60. The standard InChI is InChI=1S/C15H16BrNO3/c1-9-8-10(16)6-7-13(9)17-14(18)11-4-2-3-5-12(11)15(19)20/h2-3,6-8,11-12H,4-5H2,1H3,(H,17,18)(H,19,20)/t11-,12-/m1/s1. The minimum atomic E-state index is -0.915. The molecule has 0 unspecified atom stereocenters. The van der Waals surface area contributed by atoms with Crippen molar-refractivity contribution in [1.82, 2.24) is 0 Å². The summed E-state index contributed by atoms with van der Waals surface area (Å²) in [5, 5.41) is 12.0. The third kappa shape index (κ3) is 3.28. The predicted molar refractivity (Wildman–Crippen MR) is 80.5 cm³/mol. The lowest BCUT2D eigenvalue weighted by molar-refractivity contribution is -0.146. The molecule has 2 rings (SSSR count). The summed E-state index contributed by atoms with van der Waals surface area (Å²) in [4.78, 5) is 23.5. The van der Waals surface area contributed by atoms with Crippen LogP contribution in [0.3, 0.4) is 0 Å². The van der Waals surface area contributed by atoms with Gasteiger partial charge in [-0.05, 0) is 43.5 Å². The number of anilines is 1. The number of amides is 1. The molecule has 1 aromatic carbocycles. The number of benzene rings is 1. The number of allylic oxidation sites excluding steroid dienone is 2. The molecule has 1 aromatic rings. The van der Waals surface area contributed by atoms with Gasteiger partial charge in [-0.25, -0.2) is 0 Å². The summed E-state index contributed by atoms with van der Waals surface area (Å²) >= 11 is 3.37. The van der Waals surface area contributed by atoms with Crippen molar-refractivity contribution >= 4 is 33.5 Å². The zero-order valence-electron chi connectivity index (χ0n) is 11.1. The van der Waals surface area contributed by atoms with Gasteiger partial charge < -0.3 is 10.4 Å². The molecule has 0 spiro atoms. The zero-order valence-corrected chi connectivity index (χ0v) is 12.7. The van der Waals surface area contributed by atoms with Crippen LogP contribution < -0.4 is 5.32 Å². The van der Waals surface area contributed by atoms with Gasteiger partial charge in [-0.1, -0.05) is 28.1 Å². The van der Waals surface area contributed by atoms with Crippen molar-refractivity contribution < 1.29 is 14.7 Å². The fourth-order valence-corrected chi connectivity index (χ4v) is 2.85. The van der Waals surface area contributed by atoms with E-state index in [2.05, 4.69) is 21.2 Å². The third-order valence-corrected chi connectivity index (χ3v) is 4.03. The highest BCUT2D eigenvalue weighted by atomic mass is 79.9. The van der Waals surface area contributed by atoms with Gasteiger partial charge in [-0.15, -0.1) is 0 Å². The highest BCUT2D eigenvalue weighted by molar-refractivity contribution is 9.10. The van der Waals surface area contributed by atoms with Gasteiger partial charge in [0.1, 0.15) is 0 Å². The van der Waals surface area contributed by atoms with Gasteiger partial charge in [0, 0.05) is 10.2 Å².